The molecular weight excluding hydrogens is 262 g/mol. The third kappa shape index (κ3) is 3.83. The van der Waals surface area contributed by atoms with Crippen molar-refractivity contribution in [1.29, 1.82) is 0 Å². The number of hydrogen-bond donors (Lipinski definition) is 2. The number of hydrogen-bond acceptors (Lipinski definition) is 3. The smallest absolute Gasteiger partial charge is 0.234 e. The summed E-state index contributed by atoms with van der Waals surface area (Å²) >= 11 is 0. The number of nitrogens with zero attached hydrogens (tertiary/aromatic N) is 1. The van der Waals surface area contributed by atoms with Gasteiger partial charge in [0.15, 0.2) is 0 Å². The molecule has 116 valence electrons. The van der Waals surface area contributed by atoms with E-state index < -0.39 is 0 Å². The van der Waals surface area contributed by atoms with Crippen LogP contribution in [0.2, 0.25) is 0 Å². The van der Waals surface area contributed by atoms with E-state index in [2.05, 4.69) is 48.3 Å². The summed E-state index contributed by atoms with van der Waals surface area (Å²) in [5.74, 6) is 0.113. The van der Waals surface area contributed by atoms with Crippen molar-refractivity contribution >= 4 is 5.91 Å². The van der Waals surface area contributed by atoms with Crippen molar-refractivity contribution in [3.05, 3.63) is 35.4 Å². The van der Waals surface area contributed by atoms with Gasteiger partial charge in [-0.25, -0.2) is 0 Å². The Labute approximate surface area is 127 Å². The lowest BCUT2D eigenvalue weighted by Crippen LogP contribution is -2.46. The molecule has 1 aromatic rings. The van der Waals surface area contributed by atoms with Crippen LogP contribution in [0.25, 0.3) is 0 Å². The minimum absolute atomic E-state index is 0.113. The molecule has 1 heterocycles. The number of rotatable bonds is 6. The molecule has 1 aliphatic rings. The molecule has 1 aromatic carbocycles. The largest absolute Gasteiger partial charge is 0.352 e. The molecule has 21 heavy (non-hydrogen) atoms. The predicted molar refractivity (Wildman–Crippen MR) is 86.0 cm³/mol. The molecule has 0 saturated carbocycles. The van der Waals surface area contributed by atoms with Gasteiger partial charge in [-0.3, -0.25) is 9.69 Å². The number of nitrogens with one attached hydrogen (secondary N) is 1. The SMILES string of the molecule is CCC(CC)NC(=O)CN1CCc2ccccc2C1CN. The van der Waals surface area contributed by atoms with E-state index in [9.17, 15) is 4.79 Å². The van der Waals surface area contributed by atoms with Crippen LogP contribution in [0.3, 0.4) is 0 Å². The highest BCUT2D eigenvalue weighted by atomic mass is 16.2. The highest BCUT2D eigenvalue weighted by molar-refractivity contribution is 5.78. The quantitative estimate of drug-likeness (QED) is 0.840. The van der Waals surface area contributed by atoms with Gasteiger partial charge < -0.3 is 11.1 Å². The van der Waals surface area contributed by atoms with Crippen LogP contribution in [0.5, 0.6) is 0 Å². The van der Waals surface area contributed by atoms with E-state index in [1.54, 1.807) is 0 Å². The fourth-order valence-electron chi connectivity index (χ4n) is 3.12. The van der Waals surface area contributed by atoms with Crippen LogP contribution < -0.4 is 11.1 Å². The van der Waals surface area contributed by atoms with Crippen molar-refractivity contribution in [3.63, 3.8) is 0 Å². The molecule has 0 fully saturated rings. The average Bonchev–Trinajstić information content (AvgIpc) is 2.52. The van der Waals surface area contributed by atoms with Crippen LogP contribution in [0.15, 0.2) is 24.3 Å². The maximum absolute atomic E-state index is 12.2. The van der Waals surface area contributed by atoms with E-state index in [-0.39, 0.29) is 18.0 Å². The van der Waals surface area contributed by atoms with Crippen LogP contribution in [0, 0.1) is 0 Å². The lowest BCUT2D eigenvalue weighted by molar-refractivity contribution is -0.123. The second kappa shape index (κ2) is 7.57. The molecular formula is C17H27N3O. The van der Waals surface area contributed by atoms with Crippen molar-refractivity contribution in [2.45, 2.75) is 45.2 Å². The van der Waals surface area contributed by atoms with Crippen molar-refractivity contribution in [2.24, 2.45) is 5.73 Å². The fraction of sp³-hybridized carbons (Fsp3) is 0.588. The van der Waals surface area contributed by atoms with Gasteiger partial charge in [0.1, 0.15) is 0 Å². The van der Waals surface area contributed by atoms with Gasteiger partial charge in [-0.2, -0.15) is 0 Å². The fourth-order valence-corrected chi connectivity index (χ4v) is 3.12. The lowest BCUT2D eigenvalue weighted by atomic mass is 9.92. The molecule has 0 radical (unpaired) electrons. The molecule has 1 atom stereocenters. The highest BCUT2D eigenvalue weighted by Crippen LogP contribution is 2.28. The molecule has 1 unspecified atom stereocenters. The van der Waals surface area contributed by atoms with Gasteiger partial charge in [-0.05, 0) is 30.4 Å². The topological polar surface area (TPSA) is 58.4 Å². The summed E-state index contributed by atoms with van der Waals surface area (Å²) in [6, 6.07) is 8.86. The average molecular weight is 289 g/mol. The first kappa shape index (κ1) is 16.0. The van der Waals surface area contributed by atoms with E-state index in [4.69, 9.17) is 5.73 Å². The molecule has 2 rings (SSSR count). The van der Waals surface area contributed by atoms with Crippen molar-refractivity contribution in [1.82, 2.24) is 10.2 Å². The highest BCUT2D eigenvalue weighted by Gasteiger charge is 2.27. The molecule has 4 heteroatoms. The Morgan fingerprint density at radius 1 is 1.38 bits per heavy atom. The third-order valence-electron chi connectivity index (χ3n) is 4.44. The summed E-state index contributed by atoms with van der Waals surface area (Å²) in [5, 5.41) is 3.11. The van der Waals surface area contributed by atoms with Crippen molar-refractivity contribution in [2.75, 3.05) is 19.6 Å². The Kier molecular flexibility index (Phi) is 5.76. The van der Waals surface area contributed by atoms with Crippen LogP contribution >= 0.6 is 0 Å². The zero-order valence-electron chi connectivity index (χ0n) is 13.1. The van der Waals surface area contributed by atoms with E-state index in [1.165, 1.54) is 11.1 Å². The molecule has 0 spiro atoms. The Bertz CT molecular complexity index is 471. The van der Waals surface area contributed by atoms with Gasteiger partial charge in [0.05, 0.1) is 6.54 Å². The van der Waals surface area contributed by atoms with Gasteiger partial charge in [-0.1, -0.05) is 38.1 Å². The molecule has 0 aliphatic carbocycles. The maximum atomic E-state index is 12.2. The first-order chi connectivity index (χ1) is 10.2. The minimum atomic E-state index is 0.113. The number of carbonyl (C=O) groups is 1. The van der Waals surface area contributed by atoms with Gasteiger partial charge >= 0.3 is 0 Å². The normalized spacial score (nSPS) is 18.6. The second-order valence-corrected chi connectivity index (χ2v) is 5.75. The first-order valence-corrected chi connectivity index (χ1v) is 8.00. The summed E-state index contributed by atoms with van der Waals surface area (Å²) < 4.78 is 0. The predicted octanol–water partition coefficient (Wildman–Crippen LogP) is 1.85. The lowest BCUT2D eigenvalue weighted by Gasteiger charge is -2.36. The summed E-state index contributed by atoms with van der Waals surface area (Å²) in [7, 11) is 0. The summed E-state index contributed by atoms with van der Waals surface area (Å²) in [6.45, 7) is 6.10. The van der Waals surface area contributed by atoms with Gasteiger partial charge in [0.25, 0.3) is 0 Å². The monoisotopic (exact) mass is 289 g/mol. The van der Waals surface area contributed by atoms with Gasteiger partial charge in [-0.15, -0.1) is 0 Å². The summed E-state index contributed by atoms with van der Waals surface area (Å²) in [4.78, 5) is 14.4. The summed E-state index contributed by atoms with van der Waals surface area (Å²) in [5.41, 5.74) is 8.61. The van der Waals surface area contributed by atoms with E-state index in [1.807, 2.05) is 0 Å². The zero-order valence-corrected chi connectivity index (χ0v) is 13.1. The number of fused-ring (bicyclic) bond motifs is 1. The Morgan fingerprint density at radius 2 is 2.10 bits per heavy atom. The van der Waals surface area contributed by atoms with Crippen molar-refractivity contribution < 1.29 is 4.79 Å². The second-order valence-electron chi connectivity index (χ2n) is 5.75. The van der Waals surface area contributed by atoms with Crippen LogP contribution in [0.4, 0.5) is 0 Å². The standard InChI is InChI=1S/C17H27N3O/c1-3-14(4-2)19-17(21)12-20-10-9-13-7-5-6-8-15(13)16(20)11-18/h5-8,14,16H,3-4,9-12,18H2,1-2H3,(H,19,21). The van der Waals surface area contributed by atoms with Gasteiger partial charge in [0.2, 0.25) is 5.91 Å². The molecule has 3 N–H and O–H groups in total. The Hall–Kier alpha value is -1.39. The van der Waals surface area contributed by atoms with Crippen LogP contribution in [-0.2, 0) is 11.2 Å². The number of nitrogens with two attached hydrogens (primary N) is 1. The number of benzene rings is 1. The van der Waals surface area contributed by atoms with E-state index >= 15 is 0 Å². The third-order valence-corrected chi connectivity index (χ3v) is 4.44. The Morgan fingerprint density at radius 3 is 2.76 bits per heavy atom. The molecule has 4 nitrogen and oxygen atoms in total. The van der Waals surface area contributed by atoms with E-state index in [0.717, 1.165) is 25.8 Å². The minimum Gasteiger partial charge on any atom is -0.352 e. The van der Waals surface area contributed by atoms with Crippen molar-refractivity contribution in [3.8, 4) is 0 Å². The molecule has 0 bridgehead atoms. The molecule has 1 aliphatic heterocycles. The first-order valence-electron chi connectivity index (χ1n) is 8.00. The number of amides is 1. The van der Waals surface area contributed by atoms with E-state index in [0.29, 0.717) is 13.1 Å². The molecule has 0 aromatic heterocycles. The maximum Gasteiger partial charge on any atom is 0.234 e. The van der Waals surface area contributed by atoms with Crippen LogP contribution in [-0.4, -0.2) is 36.5 Å². The number of carbonyl (C=O) groups excluding carboxylic acids is 1. The molecule has 0 saturated heterocycles. The van der Waals surface area contributed by atoms with Crippen LogP contribution in [0.1, 0.15) is 43.9 Å². The summed E-state index contributed by atoms with van der Waals surface area (Å²) in [6.07, 6.45) is 2.95. The molecule has 1 amide bonds. The van der Waals surface area contributed by atoms with Gasteiger partial charge in [0, 0.05) is 25.2 Å². The Balaban J connectivity index is 2.02. The zero-order chi connectivity index (χ0) is 15.2.